The first-order chi connectivity index (χ1) is 14.0. The van der Waals surface area contributed by atoms with E-state index in [2.05, 4.69) is 15.7 Å². The van der Waals surface area contributed by atoms with Crippen LogP contribution in [0.5, 0.6) is 0 Å². The molecule has 2 N–H and O–H groups in total. The van der Waals surface area contributed by atoms with Crippen LogP contribution >= 0.6 is 0 Å². The first kappa shape index (κ1) is 20.7. The highest BCUT2D eigenvalue weighted by atomic mass is 19.1. The Labute approximate surface area is 170 Å². The topological polar surface area (TPSA) is 59.0 Å². The standard InChI is InChI=1S/C23H27FN4O/c1-16-13-19(10-11-20(16)24)21(12-9-17-14-26-28(3)15-17)27-22(23(29)25-2)18-7-5-4-6-8-18/h4-8,10-11,13-15,21-22,27H,9,12H2,1-3H3,(H,25,29). The van der Waals surface area contributed by atoms with E-state index in [1.807, 2.05) is 55.8 Å². The molecule has 0 radical (unpaired) electrons. The predicted molar refractivity (Wildman–Crippen MR) is 112 cm³/mol. The first-order valence-electron chi connectivity index (χ1n) is 9.74. The Morgan fingerprint density at radius 3 is 2.55 bits per heavy atom. The highest BCUT2D eigenvalue weighted by Gasteiger charge is 2.24. The molecule has 152 valence electrons. The Morgan fingerprint density at radius 1 is 1.17 bits per heavy atom. The highest BCUT2D eigenvalue weighted by molar-refractivity contribution is 5.83. The fourth-order valence-electron chi connectivity index (χ4n) is 3.46. The molecule has 3 aromatic rings. The van der Waals surface area contributed by atoms with Gasteiger partial charge in [-0.2, -0.15) is 5.10 Å². The average molecular weight is 394 g/mol. The highest BCUT2D eigenvalue weighted by Crippen LogP contribution is 2.26. The molecule has 0 spiro atoms. The maximum Gasteiger partial charge on any atom is 0.241 e. The predicted octanol–water partition coefficient (Wildman–Crippen LogP) is 3.62. The number of hydrogen-bond donors (Lipinski definition) is 2. The van der Waals surface area contributed by atoms with Gasteiger partial charge in [0.15, 0.2) is 0 Å². The van der Waals surface area contributed by atoms with Crippen molar-refractivity contribution in [1.82, 2.24) is 20.4 Å². The fourth-order valence-corrected chi connectivity index (χ4v) is 3.46. The lowest BCUT2D eigenvalue weighted by atomic mass is 9.96. The van der Waals surface area contributed by atoms with Gasteiger partial charge in [0.1, 0.15) is 11.9 Å². The Bertz CT molecular complexity index is 955. The maximum absolute atomic E-state index is 13.8. The number of nitrogens with one attached hydrogen (secondary N) is 2. The minimum absolute atomic E-state index is 0.110. The summed E-state index contributed by atoms with van der Waals surface area (Å²) in [4.78, 5) is 12.6. The van der Waals surface area contributed by atoms with Crippen molar-refractivity contribution in [2.24, 2.45) is 7.05 Å². The molecular formula is C23H27FN4O. The van der Waals surface area contributed by atoms with Crippen LogP contribution in [0.15, 0.2) is 60.9 Å². The van der Waals surface area contributed by atoms with Crippen LogP contribution in [0.25, 0.3) is 0 Å². The van der Waals surface area contributed by atoms with Crippen molar-refractivity contribution >= 4 is 5.91 Å². The molecule has 29 heavy (non-hydrogen) atoms. The van der Waals surface area contributed by atoms with E-state index < -0.39 is 6.04 Å². The molecule has 0 aliphatic heterocycles. The molecule has 0 fully saturated rings. The molecule has 2 atom stereocenters. The van der Waals surface area contributed by atoms with Crippen LogP contribution in [0.2, 0.25) is 0 Å². The summed E-state index contributed by atoms with van der Waals surface area (Å²) in [6.07, 6.45) is 5.37. The molecule has 2 aromatic carbocycles. The van der Waals surface area contributed by atoms with Crippen molar-refractivity contribution in [3.05, 3.63) is 89.0 Å². The summed E-state index contributed by atoms with van der Waals surface area (Å²) >= 11 is 0. The van der Waals surface area contributed by atoms with Crippen molar-refractivity contribution in [3.63, 3.8) is 0 Å². The summed E-state index contributed by atoms with van der Waals surface area (Å²) in [6.45, 7) is 1.75. The van der Waals surface area contributed by atoms with Gasteiger partial charge in [-0.15, -0.1) is 0 Å². The smallest absolute Gasteiger partial charge is 0.241 e. The molecule has 1 amide bonds. The molecule has 5 nitrogen and oxygen atoms in total. The molecule has 0 aliphatic rings. The molecule has 1 aromatic heterocycles. The molecule has 0 saturated heterocycles. The van der Waals surface area contributed by atoms with Gasteiger partial charge in [0.05, 0.1) is 6.20 Å². The van der Waals surface area contributed by atoms with Gasteiger partial charge < -0.3 is 5.32 Å². The second-order valence-corrected chi connectivity index (χ2v) is 7.25. The number of benzene rings is 2. The maximum atomic E-state index is 13.8. The molecule has 0 bridgehead atoms. The minimum Gasteiger partial charge on any atom is -0.358 e. The van der Waals surface area contributed by atoms with Crippen LogP contribution < -0.4 is 10.6 Å². The fraction of sp³-hybridized carbons (Fsp3) is 0.304. The van der Waals surface area contributed by atoms with Crippen LogP contribution in [0.3, 0.4) is 0 Å². The van der Waals surface area contributed by atoms with Gasteiger partial charge in [-0.1, -0.05) is 42.5 Å². The Kier molecular flexibility index (Phi) is 6.77. The lowest BCUT2D eigenvalue weighted by Crippen LogP contribution is -2.38. The van der Waals surface area contributed by atoms with Crippen molar-refractivity contribution in [3.8, 4) is 0 Å². The first-order valence-corrected chi connectivity index (χ1v) is 9.74. The van der Waals surface area contributed by atoms with Crippen LogP contribution in [0.4, 0.5) is 4.39 Å². The van der Waals surface area contributed by atoms with E-state index in [9.17, 15) is 9.18 Å². The molecule has 6 heteroatoms. The second kappa shape index (κ2) is 9.47. The van der Waals surface area contributed by atoms with E-state index in [-0.39, 0.29) is 17.8 Å². The molecule has 0 saturated carbocycles. The zero-order valence-electron chi connectivity index (χ0n) is 17.0. The number of hydrogen-bond acceptors (Lipinski definition) is 3. The normalized spacial score (nSPS) is 13.1. The van der Waals surface area contributed by atoms with E-state index >= 15 is 0 Å². The SMILES string of the molecule is CNC(=O)C(NC(CCc1cnn(C)c1)c1ccc(F)c(C)c1)c1ccccc1. The Balaban J connectivity index is 1.89. The van der Waals surface area contributed by atoms with Gasteiger partial charge >= 0.3 is 0 Å². The monoisotopic (exact) mass is 394 g/mol. The number of halogens is 1. The number of rotatable bonds is 8. The van der Waals surface area contributed by atoms with Gasteiger partial charge in [-0.25, -0.2) is 4.39 Å². The van der Waals surface area contributed by atoms with Gasteiger partial charge in [0.2, 0.25) is 5.91 Å². The van der Waals surface area contributed by atoms with Gasteiger partial charge in [0.25, 0.3) is 0 Å². The van der Waals surface area contributed by atoms with E-state index in [1.54, 1.807) is 24.7 Å². The van der Waals surface area contributed by atoms with Gasteiger partial charge in [-0.3, -0.25) is 14.8 Å². The van der Waals surface area contributed by atoms with Crippen molar-refractivity contribution in [2.45, 2.75) is 31.8 Å². The number of likely N-dealkylation sites (N-methyl/N-ethyl adjacent to an activating group) is 1. The van der Waals surface area contributed by atoms with E-state index in [1.165, 1.54) is 6.07 Å². The summed E-state index contributed by atoms with van der Waals surface area (Å²) in [5.74, 6) is -0.341. The molecular weight excluding hydrogens is 367 g/mol. The van der Waals surface area contributed by atoms with Crippen molar-refractivity contribution < 1.29 is 9.18 Å². The zero-order chi connectivity index (χ0) is 20.8. The Hall–Kier alpha value is -2.99. The zero-order valence-corrected chi connectivity index (χ0v) is 17.0. The largest absolute Gasteiger partial charge is 0.358 e. The summed E-state index contributed by atoms with van der Waals surface area (Å²) in [7, 11) is 3.52. The third-order valence-electron chi connectivity index (χ3n) is 5.07. The molecule has 3 rings (SSSR count). The average Bonchev–Trinajstić information content (AvgIpc) is 3.15. The lowest BCUT2D eigenvalue weighted by molar-refractivity contribution is -0.123. The van der Waals surface area contributed by atoms with Crippen LogP contribution in [0, 0.1) is 12.7 Å². The number of amides is 1. The molecule has 2 unspecified atom stereocenters. The Morgan fingerprint density at radius 2 is 1.93 bits per heavy atom. The van der Waals surface area contributed by atoms with Crippen molar-refractivity contribution in [1.29, 1.82) is 0 Å². The van der Waals surface area contributed by atoms with Gasteiger partial charge in [-0.05, 0) is 48.1 Å². The number of carbonyl (C=O) groups is 1. The van der Waals surface area contributed by atoms with Crippen LogP contribution in [-0.4, -0.2) is 22.7 Å². The quantitative estimate of drug-likeness (QED) is 0.614. The number of aryl methyl sites for hydroxylation is 3. The third kappa shape index (κ3) is 5.29. The third-order valence-corrected chi connectivity index (χ3v) is 5.07. The number of carbonyl (C=O) groups excluding carboxylic acids is 1. The van der Waals surface area contributed by atoms with Crippen LogP contribution in [0.1, 0.15) is 40.8 Å². The van der Waals surface area contributed by atoms with Gasteiger partial charge in [0, 0.05) is 26.3 Å². The van der Waals surface area contributed by atoms with Crippen molar-refractivity contribution in [2.75, 3.05) is 7.05 Å². The van der Waals surface area contributed by atoms with E-state index in [4.69, 9.17) is 0 Å². The van der Waals surface area contributed by atoms with Crippen LogP contribution in [-0.2, 0) is 18.3 Å². The number of aromatic nitrogens is 2. The summed E-state index contributed by atoms with van der Waals surface area (Å²) < 4.78 is 15.6. The lowest BCUT2D eigenvalue weighted by Gasteiger charge is -2.26. The van der Waals surface area contributed by atoms with E-state index in [0.717, 1.165) is 29.5 Å². The molecule has 1 heterocycles. The summed E-state index contributed by atoms with van der Waals surface area (Å²) in [6, 6.07) is 14.1. The summed E-state index contributed by atoms with van der Waals surface area (Å²) in [5.41, 5.74) is 3.55. The number of nitrogens with zero attached hydrogens (tertiary/aromatic N) is 2. The van der Waals surface area contributed by atoms with E-state index in [0.29, 0.717) is 5.56 Å². The summed E-state index contributed by atoms with van der Waals surface area (Å²) in [5, 5.41) is 10.5. The second-order valence-electron chi connectivity index (χ2n) is 7.25. The minimum atomic E-state index is -0.509. The molecule has 0 aliphatic carbocycles.